The Hall–Kier alpha value is -6.43. The highest BCUT2D eigenvalue weighted by atomic mass is 16.6. The lowest BCUT2D eigenvalue weighted by Crippen LogP contribution is -2.62. The molecule has 2 aliphatic heterocycles. The van der Waals surface area contributed by atoms with Gasteiger partial charge in [0.2, 0.25) is 5.91 Å². The molecule has 324 valence electrons. The number of hydrogen-bond acceptors (Lipinski definition) is 10. The monoisotopic (exact) mass is 844 g/mol. The van der Waals surface area contributed by atoms with Crippen LogP contribution in [0.1, 0.15) is 83.8 Å². The van der Waals surface area contributed by atoms with Gasteiger partial charge in [-0.2, -0.15) is 10.5 Å². The van der Waals surface area contributed by atoms with Crippen molar-refractivity contribution in [1.82, 2.24) is 15.3 Å². The van der Waals surface area contributed by atoms with Gasteiger partial charge in [0.25, 0.3) is 0 Å². The maximum atomic E-state index is 12.9. The highest BCUT2D eigenvalue weighted by molar-refractivity contribution is 5.90. The van der Waals surface area contributed by atoms with Gasteiger partial charge in [-0.15, -0.1) is 0 Å². The zero-order valence-corrected chi connectivity index (χ0v) is 37.0. The fourth-order valence-corrected chi connectivity index (χ4v) is 10.9. The van der Waals surface area contributed by atoms with E-state index in [-0.39, 0.29) is 59.6 Å². The molecule has 8 rings (SSSR count). The lowest BCUT2D eigenvalue weighted by atomic mass is 9.58. The average molecular weight is 845 g/mol. The number of aromatic nitrogens is 2. The van der Waals surface area contributed by atoms with E-state index < -0.39 is 11.1 Å². The molecule has 0 unspecified atom stereocenters. The molecule has 0 bridgehead atoms. The Kier molecular flexibility index (Phi) is 12.8. The minimum Gasteiger partial charge on any atom is -0.461 e. The number of fused-ring (bicyclic) bond motifs is 2. The normalized spacial score (nSPS) is 32.0. The van der Waals surface area contributed by atoms with Crippen molar-refractivity contribution >= 4 is 30.0 Å². The van der Waals surface area contributed by atoms with Crippen LogP contribution in [0.15, 0.2) is 97.3 Å². The molecule has 2 saturated carbocycles. The van der Waals surface area contributed by atoms with Crippen LogP contribution in [0.2, 0.25) is 0 Å². The van der Waals surface area contributed by atoms with E-state index in [0.29, 0.717) is 41.7 Å². The number of pyridine rings is 2. The number of nitrogens with zero attached hydrogens (tertiary/aromatic N) is 4. The maximum Gasteiger partial charge on any atom is 0.332 e. The number of ether oxygens (including phenoxy) is 2. The fourth-order valence-electron chi connectivity index (χ4n) is 10.9. The van der Waals surface area contributed by atoms with Crippen molar-refractivity contribution in [3.63, 3.8) is 0 Å². The molecule has 2 saturated heterocycles. The fraction of sp³-hybridized carbons (Fsp3) is 0.404. The smallest absolute Gasteiger partial charge is 0.332 e. The van der Waals surface area contributed by atoms with E-state index in [0.717, 1.165) is 33.6 Å². The maximum absolute atomic E-state index is 12.9. The van der Waals surface area contributed by atoms with Crippen molar-refractivity contribution in [3.05, 3.63) is 120 Å². The van der Waals surface area contributed by atoms with Crippen LogP contribution in [0.5, 0.6) is 0 Å². The largest absolute Gasteiger partial charge is 0.461 e. The molecule has 4 fully saturated rings. The Morgan fingerprint density at radius 1 is 0.698 bits per heavy atom. The molecule has 4 heterocycles. The van der Waals surface area contributed by atoms with Gasteiger partial charge in [0, 0.05) is 53.4 Å². The molecule has 63 heavy (non-hydrogen) atoms. The molecule has 4 aromatic rings. The van der Waals surface area contributed by atoms with Crippen LogP contribution in [0.25, 0.3) is 34.4 Å². The van der Waals surface area contributed by atoms with Gasteiger partial charge in [-0.3, -0.25) is 19.6 Å². The van der Waals surface area contributed by atoms with Crippen molar-refractivity contribution in [2.45, 2.75) is 84.6 Å². The molecule has 1 amide bonds. The van der Waals surface area contributed by atoms with Crippen molar-refractivity contribution in [3.8, 4) is 34.4 Å². The first kappa shape index (κ1) is 44.6. The molecular formula is C52H56N6O5. The Morgan fingerprint density at radius 3 is 1.63 bits per heavy atom. The highest BCUT2D eigenvalue weighted by Gasteiger charge is 2.63. The molecule has 2 aromatic heterocycles. The summed E-state index contributed by atoms with van der Waals surface area (Å²) in [5, 5.41) is 21.6. The van der Waals surface area contributed by atoms with E-state index in [2.05, 4.69) is 67.3 Å². The zero-order chi connectivity index (χ0) is 45.2. The number of rotatable bonds is 7. The lowest BCUT2D eigenvalue weighted by Gasteiger charge is -2.47. The second-order valence-electron chi connectivity index (χ2n) is 18.2. The Labute approximate surface area is 370 Å². The minimum absolute atomic E-state index is 0.0331. The Balaban J connectivity index is 0.000000190. The number of nitrogens with two attached hydrogens (primary N) is 1. The summed E-state index contributed by atoms with van der Waals surface area (Å²) in [5.41, 5.74) is 11.1. The number of carbonyl (C=O) groups excluding carboxylic acids is 3. The van der Waals surface area contributed by atoms with Crippen LogP contribution in [0.4, 0.5) is 0 Å². The molecular weight excluding hydrogens is 789 g/mol. The van der Waals surface area contributed by atoms with Crippen LogP contribution >= 0.6 is 0 Å². The summed E-state index contributed by atoms with van der Waals surface area (Å²) in [4.78, 5) is 46.5. The van der Waals surface area contributed by atoms with E-state index in [9.17, 15) is 24.9 Å². The Bertz CT molecular complexity index is 2510. The van der Waals surface area contributed by atoms with Gasteiger partial charge in [0.05, 0.1) is 34.7 Å². The molecule has 11 nitrogen and oxygen atoms in total. The number of nitrogens with one attached hydrogen (secondary N) is 1. The van der Waals surface area contributed by atoms with Gasteiger partial charge in [-0.1, -0.05) is 88.4 Å². The quantitative estimate of drug-likeness (QED) is 0.171. The van der Waals surface area contributed by atoms with Gasteiger partial charge in [0.1, 0.15) is 23.3 Å². The van der Waals surface area contributed by atoms with Gasteiger partial charge in [-0.05, 0) is 98.6 Å². The summed E-state index contributed by atoms with van der Waals surface area (Å²) in [6, 6.07) is 27.2. The first-order chi connectivity index (χ1) is 30.1. The molecule has 4 aliphatic rings. The number of esters is 2. The van der Waals surface area contributed by atoms with Gasteiger partial charge in [-0.25, -0.2) is 4.79 Å². The number of cyclic esters (lactones) is 2. The van der Waals surface area contributed by atoms with Crippen LogP contribution in [-0.4, -0.2) is 51.1 Å². The predicted molar refractivity (Wildman–Crippen MR) is 241 cm³/mol. The molecule has 3 N–H and O–H groups in total. The summed E-state index contributed by atoms with van der Waals surface area (Å²) >= 11 is 0. The van der Waals surface area contributed by atoms with Gasteiger partial charge < -0.3 is 20.5 Å². The topological polar surface area (TPSA) is 181 Å². The number of allylic oxidation sites excluding steroid dienone is 2. The third kappa shape index (κ3) is 8.55. The van der Waals surface area contributed by atoms with E-state index in [1.54, 1.807) is 24.5 Å². The number of benzene rings is 2. The first-order valence-corrected chi connectivity index (χ1v) is 21.9. The first-order valence-electron chi connectivity index (χ1n) is 21.9. The molecule has 11 heteroatoms. The van der Waals surface area contributed by atoms with Crippen molar-refractivity contribution in [2.24, 2.45) is 53.1 Å². The van der Waals surface area contributed by atoms with Crippen molar-refractivity contribution in [2.75, 3.05) is 0 Å². The average Bonchev–Trinajstić information content (AvgIpc) is 3.65. The van der Waals surface area contributed by atoms with E-state index in [1.165, 1.54) is 6.92 Å². The van der Waals surface area contributed by atoms with E-state index in [1.807, 2.05) is 86.7 Å². The standard InChI is InChI=1S/C27H29N3O3.C25H27N3O2/c1-16-13-27(30-19(4)31)25(18(3)33-26(27)32)23(17(16)2)12-11-22-10-9-21(15-29-22)24-8-6-5-7-20(24)14-28;1-15-12-25(27)23(17(3)30-24(25)29)21(16(15)2)11-10-20-9-8-19(14-28-20)22-7-5-4-6-18(22)13-26/h5-12,15-18,23,25H,13H2,1-4H3,(H,30,31);4-11,14-17,21,23H,12,27H2,1-3H3/b12-11+;11-10+/t16-,17+,18+,23-,25-,27-;15-,16+,17+,21-,23-,25-/m00/s1. The van der Waals surface area contributed by atoms with Gasteiger partial charge >= 0.3 is 11.9 Å². The third-order valence-electron chi connectivity index (χ3n) is 14.3. The molecule has 0 radical (unpaired) electrons. The van der Waals surface area contributed by atoms with E-state index in [4.69, 9.17) is 15.2 Å². The molecule has 2 aromatic carbocycles. The summed E-state index contributed by atoms with van der Waals surface area (Å²) in [7, 11) is 0. The second kappa shape index (κ2) is 18.1. The predicted octanol–water partition coefficient (Wildman–Crippen LogP) is 8.55. The molecule has 0 spiro atoms. The number of nitriles is 2. The minimum atomic E-state index is -0.982. The number of carbonyl (C=O) groups is 3. The van der Waals surface area contributed by atoms with Crippen LogP contribution < -0.4 is 11.1 Å². The zero-order valence-electron chi connectivity index (χ0n) is 37.0. The molecule has 12 atom stereocenters. The second-order valence-corrected chi connectivity index (χ2v) is 18.2. The Morgan fingerprint density at radius 2 is 1.16 bits per heavy atom. The van der Waals surface area contributed by atoms with Crippen LogP contribution in [-0.2, 0) is 23.9 Å². The summed E-state index contributed by atoms with van der Waals surface area (Å²) in [6.07, 6.45) is 12.6. The van der Waals surface area contributed by atoms with Crippen molar-refractivity contribution in [1.29, 1.82) is 10.5 Å². The SMILES string of the molecule is CC(=O)N[C@@]12C[C@H](C)[C@@H](C)[C@H](/C=C/c3ccc(-c4ccccc4C#N)cn3)[C@@H]1[C@@H](C)OC2=O.C[C@H]1[C@H](/C=C/c2ccc(-c3ccccc3C#N)cn2)[C@@H]2[C@@H](C)OC(=O)[C@]2(N)C[C@@H]1C. The van der Waals surface area contributed by atoms with Gasteiger partial charge in [0.15, 0.2) is 0 Å². The molecule has 2 aliphatic carbocycles. The highest BCUT2D eigenvalue weighted by Crippen LogP contribution is 2.52. The lowest BCUT2D eigenvalue weighted by molar-refractivity contribution is -0.149. The third-order valence-corrected chi connectivity index (χ3v) is 14.3. The summed E-state index contributed by atoms with van der Waals surface area (Å²) in [5.74, 6) is 0.465. The van der Waals surface area contributed by atoms with Crippen molar-refractivity contribution < 1.29 is 23.9 Å². The summed E-state index contributed by atoms with van der Waals surface area (Å²) in [6.45, 7) is 14.0. The summed E-state index contributed by atoms with van der Waals surface area (Å²) < 4.78 is 11.2. The number of amides is 1. The van der Waals surface area contributed by atoms with Crippen LogP contribution in [0.3, 0.4) is 0 Å². The van der Waals surface area contributed by atoms with Crippen LogP contribution in [0, 0.1) is 70.0 Å². The number of hydrogen-bond donors (Lipinski definition) is 2. The van der Waals surface area contributed by atoms with E-state index >= 15 is 0 Å².